The molecule has 0 bridgehead atoms. The molecule has 1 fully saturated rings. The smallest absolute Gasteiger partial charge is 0.239 e. The Kier molecular flexibility index (Phi) is 5.13. The average Bonchev–Trinajstić information content (AvgIpc) is 2.60. The number of halogens is 3. The van der Waals surface area contributed by atoms with Gasteiger partial charge in [-0.25, -0.2) is 0 Å². The zero-order chi connectivity index (χ0) is 18.1. The van der Waals surface area contributed by atoms with Crippen molar-refractivity contribution in [3.8, 4) is 0 Å². The second-order valence-corrected chi connectivity index (χ2v) is 6.83. The van der Waals surface area contributed by atoms with Crippen molar-refractivity contribution in [1.29, 1.82) is 0 Å². The van der Waals surface area contributed by atoms with E-state index in [0.717, 1.165) is 5.56 Å². The van der Waals surface area contributed by atoms with Crippen LogP contribution < -0.4 is 5.32 Å². The van der Waals surface area contributed by atoms with Crippen molar-refractivity contribution in [1.82, 2.24) is 5.32 Å². The molecule has 25 heavy (non-hydrogen) atoms. The van der Waals surface area contributed by atoms with Crippen molar-refractivity contribution < 1.29 is 14.4 Å². The van der Waals surface area contributed by atoms with E-state index in [-0.39, 0.29) is 27.1 Å². The highest BCUT2D eigenvalue weighted by Gasteiger charge is 2.41. The molecule has 128 valence electrons. The summed E-state index contributed by atoms with van der Waals surface area (Å²) in [6, 6.07) is 11.4. The van der Waals surface area contributed by atoms with Crippen LogP contribution in [-0.4, -0.2) is 17.5 Å². The van der Waals surface area contributed by atoms with Crippen LogP contribution in [0, 0.1) is 5.92 Å². The third-order valence-corrected chi connectivity index (χ3v) is 5.36. The van der Waals surface area contributed by atoms with Gasteiger partial charge in [-0.2, -0.15) is 0 Å². The van der Waals surface area contributed by atoms with Crippen LogP contribution in [0.3, 0.4) is 0 Å². The van der Waals surface area contributed by atoms with Crippen LogP contribution >= 0.6 is 34.8 Å². The van der Waals surface area contributed by atoms with Gasteiger partial charge in [0.2, 0.25) is 5.91 Å². The van der Waals surface area contributed by atoms with E-state index >= 15 is 0 Å². The summed E-state index contributed by atoms with van der Waals surface area (Å²) in [4.78, 5) is 37.6. The van der Waals surface area contributed by atoms with E-state index in [4.69, 9.17) is 34.8 Å². The molecule has 2 aromatic rings. The van der Waals surface area contributed by atoms with Crippen molar-refractivity contribution >= 4 is 52.3 Å². The van der Waals surface area contributed by atoms with Gasteiger partial charge in [-0.15, -0.1) is 0 Å². The van der Waals surface area contributed by atoms with Crippen LogP contribution in [0.5, 0.6) is 0 Å². The van der Waals surface area contributed by atoms with Gasteiger partial charge in [0.1, 0.15) is 0 Å². The van der Waals surface area contributed by atoms with E-state index in [1.165, 1.54) is 12.1 Å². The highest BCUT2D eigenvalue weighted by molar-refractivity contribution is 6.49. The summed E-state index contributed by atoms with van der Waals surface area (Å²) in [5.74, 6) is -3.21. The van der Waals surface area contributed by atoms with Crippen LogP contribution in [0.25, 0.3) is 0 Å². The normalized spacial score (nSPS) is 20.3. The summed E-state index contributed by atoms with van der Waals surface area (Å²) in [5, 5.41) is 2.86. The third-order valence-electron chi connectivity index (χ3n) is 4.07. The van der Waals surface area contributed by atoms with Gasteiger partial charge in [0.15, 0.2) is 17.5 Å². The molecule has 1 saturated heterocycles. The van der Waals surface area contributed by atoms with Crippen LogP contribution in [0.1, 0.15) is 28.4 Å². The monoisotopic (exact) mass is 395 g/mol. The number of nitrogens with one attached hydrogen (secondary N) is 1. The van der Waals surface area contributed by atoms with Gasteiger partial charge in [-0.1, -0.05) is 65.1 Å². The van der Waals surface area contributed by atoms with E-state index in [1.807, 2.05) is 30.3 Å². The number of Topliss-reactive ketones (excluding diaryl/α,β-unsaturated/α-hetero) is 2. The van der Waals surface area contributed by atoms with Crippen molar-refractivity contribution in [2.75, 3.05) is 0 Å². The minimum Gasteiger partial charge on any atom is -0.348 e. The lowest BCUT2D eigenvalue weighted by Gasteiger charge is -2.28. The van der Waals surface area contributed by atoms with Gasteiger partial charge in [0, 0.05) is 12.0 Å². The highest BCUT2D eigenvalue weighted by Crippen LogP contribution is 2.35. The number of hydrogen-bond donors (Lipinski definition) is 1. The number of ketones is 2. The summed E-state index contributed by atoms with van der Waals surface area (Å²) in [6.07, 6.45) is 0.0328. The molecule has 7 heteroatoms. The lowest BCUT2D eigenvalue weighted by molar-refractivity contribution is -0.136. The molecule has 1 amide bonds. The van der Waals surface area contributed by atoms with Crippen LogP contribution in [0.2, 0.25) is 15.1 Å². The molecular weight excluding hydrogens is 385 g/mol. The Morgan fingerprint density at radius 1 is 0.960 bits per heavy atom. The zero-order valence-electron chi connectivity index (χ0n) is 12.8. The Hall–Kier alpha value is -1.88. The summed E-state index contributed by atoms with van der Waals surface area (Å²) in [6.45, 7) is 0. The minimum absolute atomic E-state index is 0.00253. The fourth-order valence-corrected chi connectivity index (χ4v) is 3.42. The molecule has 1 N–H and O–H groups in total. The molecule has 2 atom stereocenters. The van der Waals surface area contributed by atoms with Crippen LogP contribution in [0.15, 0.2) is 42.5 Å². The second-order valence-electron chi connectivity index (χ2n) is 5.66. The maximum absolute atomic E-state index is 12.7. The molecule has 2 aromatic carbocycles. The fraction of sp³-hybridized carbons (Fsp3) is 0.167. The number of benzene rings is 2. The molecule has 3 rings (SSSR count). The Bertz CT molecular complexity index is 849. The van der Waals surface area contributed by atoms with Gasteiger partial charge >= 0.3 is 0 Å². The Balaban J connectivity index is 1.87. The number of carbonyl (C=O) groups excluding carboxylic acids is 3. The number of amides is 1. The molecule has 0 aliphatic carbocycles. The van der Waals surface area contributed by atoms with E-state index < -0.39 is 29.4 Å². The average molecular weight is 397 g/mol. The van der Waals surface area contributed by atoms with Crippen LogP contribution in [-0.2, 0) is 9.59 Å². The number of hydrogen-bond acceptors (Lipinski definition) is 3. The molecular formula is C18H12Cl3NO3. The van der Waals surface area contributed by atoms with E-state index in [0.29, 0.717) is 0 Å². The molecule has 1 heterocycles. The number of rotatable bonds is 3. The number of piperidine rings is 1. The molecule has 0 spiro atoms. The molecule has 4 nitrogen and oxygen atoms in total. The lowest BCUT2D eigenvalue weighted by Crippen LogP contribution is -2.48. The summed E-state index contributed by atoms with van der Waals surface area (Å²) >= 11 is 17.8. The quantitative estimate of drug-likeness (QED) is 0.478. The Labute approximate surface area is 159 Å². The summed E-state index contributed by atoms with van der Waals surface area (Å²) < 4.78 is 0. The summed E-state index contributed by atoms with van der Waals surface area (Å²) in [7, 11) is 0. The summed E-state index contributed by atoms with van der Waals surface area (Å²) in [5.41, 5.74) is 0.811. The molecule has 2 unspecified atom stereocenters. The molecule has 0 aromatic heterocycles. The maximum Gasteiger partial charge on any atom is 0.239 e. The van der Waals surface area contributed by atoms with Gasteiger partial charge in [-0.05, 0) is 17.7 Å². The van der Waals surface area contributed by atoms with E-state index in [2.05, 4.69) is 5.32 Å². The first kappa shape index (κ1) is 17.9. The molecule has 0 radical (unpaired) electrons. The van der Waals surface area contributed by atoms with E-state index in [9.17, 15) is 14.4 Å². The minimum atomic E-state index is -1.44. The van der Waals surface area contributed by atoms with Crippen molar-refractivity contribution in [3.63, 3.8) is 0 Å². The first-order chi connectivity index (χ1) is 11.9. The topological polar surface area (TPSA) is 63.2 Å². The van der Waals surface area contributed by atoms with Crippen molar-refractivity contribution in [3.05, 3.63) is 68.7 Å². The van der Waals surface area contributed by atoms with Gasteiger partial charge < -0.3 is 5.32 Å². The molecule has 1 aliphatic heterocycles. The SMILES string of the molecule is O=C1CC(c2ccccc2)NC(=O)C1C(=O)c1ccc(Cl)c(Cl)c1Cl. The van der Waals surface area contributed by atoms with Gasteiger partial charge in [0.25, 0.3) is 0 Å². The van der Waals surface area contributed by atoms with Crippen LogP contribution in [0.4, 0.5) is 0 Å². The first-order valence-electron chi connectivity index (χ1n) is 7.46. The van der Waals surface area contributed by atoms with Crippen molar-refractivity contribution in [2.45, 2.75) is 12.5 Å². The maximum atomic E-state index is 12.7. The van der Waals surface area contributed by atoms with Crippen molar-refractivity contribution in [2.24, 2.45) is 5.92 Å². The Morgan fingerprint density at radius 3 is 2.28 bits per heavy atom. The van der Waals surface area contributed by atoms with Gasteiger partial charge in [0.05, 0.1) is 21.1 Å². The zero-order valence-corrected chi connectivity index (χ0v) is 15.0. The predicted molar refractivity (Wildman–Crippen MR) is 96.2 cm³/mol. The Morgan fingerprint density at radius 2 is 1.64 bits per heavy atom. The largest absolute Gasteiger partial charge is 0.348 e. The third kappa shape index (κ3) is 3.43. The highest BCUT2D eigenvalue weighted by atomic mass is 35.5. The van der Waals surface area contributed by atoms with Gasteiger partial charge in [-0.3, -0.25) is 14.4 Å². The fourth-order valence-electron chi connectivity index (χ4n) is 2.79. The first-order valence-corrected chi connectivity index (χ1v) is 8.59. The molecule has 1 aliphatic rings. The predicted octanol–water partition coefficient (Wildman–Crippen LogP) is 4.28. The van der Waals surface area contributed by atoms with E-state index in [1.54, 1.807) is 0 Å². The second kappa shape index (κ2) is 7.16. The molecule has 0 saturated carbocycles. The number of carbonyl (C=O) groups is 3. The standard InChI is InChI=1S/C18H12Cl3NO3/c19-11-7-6-10(15(20)16(11)21)17(24)14-13(23)8-12(22-18(14)25)9-4-2-1-3-5-9/h1-7,12,14H,8H2,(H,22,25). The lowest BCUT2D eigenvalue weighted by atomic mass is 9.84.